The highest BCUT2D eigenvalue weighted by molar-refractivity contribution is 7.09. The van der Waals surface area contributed by atoms with Crippen LogP contribution in [0.5, 0.6) is 0 Å². The molecule has 8 heteroatoms. The van der Waals surface area contributed by atoms with Crippen LogP contribution >= 0.6 is 11.3 Å². The van der Waals surface area contributed by atoms with Gasteiger partial charge in [-0.3, -0.25) is 14.6 Å². The second kappa shape index (κ2) is 6.85. The molecule has 3 heterocycles. The lowest BCUT2D eigenvalue weighted by molar-refractivity contribution is -0.115. The molecular weight excluding hydrogens is 350 g/mol. The first-order valence-electron chi connectivity index (χ1n) is 7.80. The lowest BCUT2D eigenvalue weighted by Crippen LogP contribution is -2.16. The normalized spacial score (nSPS) is 13.2. The molecule has 0 atom stereocenters. The molecule has 0 saturated heterocycles. The highest BCUT2D eigenvalue weighted by Crippen LogP contribution is 2.32. The maximum atomic E-state index is 12.2. The number of carbonyl (C=O) groups is 2. The molecule has 0 spiro atoms. The number of rotatable bonds is 3. The summed E-state index contributed by atoms with van der Waals surface area (Å²) in [6.07, 6.45) is 4.53. The highest BCUT2D eigenvalue weighted by atomic mass is 32.1. The van der Waals surface area contributed by atoms with Crippen molar-refractivity contribution in [2.75, 3.05) is 10.6 Å². The van der Waals surface area contributed by atoms with E-state index in [-0.39, 0.29) is 23.9 Å². The van der Waals surface area contributed by atoms with E-state index < -0.39 is 0 Å². The van der Waals surface area contributed by atoms with Gasteiger partial charge in [-0.05, 0) is 17.7 Å². The van der Waals surface area contributed by atoms with Crippen molar-refractivity contribution in [1.82, 2.24) is 9.97 Å². The van der Waals surface area contributed by atoms with Gasteiger partial charge < -0.3 is 10.6 Å². The molecule has 0 unspecified atom stereocenters. The number of carbonyl (C=O) groups excluding carboxylic acids is 2. The number of hydrogen-bond donors (Lipinski definition) is 2. The Morgan fingerprint density at radius 2 is 2.15 bits per heavy atom. The molecule has 0 bridgehead atoms. The summed E-state index contributed by atoms with van der Waals surface area (Å²) in [5.41, 5.74) is 3.71. The Hall–Kier alpha value is -3.39. The van der Waals surface area contributed by atoms with E-state index in [0.29, 0.717) is 11.4 Å². The second-order valence-corrected chi connectivity index (χ2v) is 6.32. The fourth-order valence-electron chi connectivity index (χ4n) is 2.56. The number of hydrogen-bond acceptors (Lipinski definition) is 6. The molecule has 0 fully saturated rings. The number of nitrogens with one attached hydrogen (secondary N) is 2. The van der Waals surface area contributed by atoms with E-state index in [0.717, 1.165) is 16.9 Å². The molecule has 0 saturated carbocycles. The Labute approximate surface area is 152 Å². The van der Waals surface area contributed by atoms with Gasteiger partial charge in [0.15, 0.2) is 0 Å². The Morgan fingerprint density at radius 1 is 1.23 bits per heavy atom. The first-order chi connectivity index (χ1) is 12.7. The van der Waals surface area contributed by atoms with Gasteiger partial charge in [0, 0.05) is 28.8 Å². The molecule has 128 valence electrons. The van der Waals surface area contributed by atoms with Crippen molar-refractivity contribution in [3.05, 3.63) is 64.9 Å². The summed E-state index contributed by atoms with van der Waals surface area (Å²) in [6, 6.07) is 7.23. The van der Waals surface area contributed by atoms with E-state index in [9.17, 15) is 9.59 Å². The third kappa shape index (κ3) is 3.35. The molecule has 0 radical (unpaired) electrons. The van der Waals surface area contributed by atoms with Gasteiger partial charge in [-0.25, -0.2) is 9.98 Å². The Balaban J connectivity index is 1.62. The maximum Gasteiger partial charge on any atom is 0.275 e. The molecule has 1 aliphatic rings. The van der Waals surface area contributed by atoms with Gasteiger partial charge in [0.25, 0.3) is 5.91 Å². The number of aliphatic imine (C=N–C) groups is 1. The molecule has 2 amide bonds. The van der Waals surface area contributed by atoms with E-state index >= 15 is 0 Å². The maximum absolute atomic E-state index is 12.2. The Morgan fingerprint density at radius 3 is 3.00 bits per heavy atom. The topological polar surface area (TPSA) is 96.3 Å². The molecule has 7 nitrogen and oxygen atoms in total. The van der Waals surface area contributed by atoms with E-state index in [1.165, 1.54) is 29.9 Å². The molecule has 26 heavy (non-hydrogen) atoms. The standard InChI is InChI=1S/C18H13N5O2S/c24-17-7-13(22-15-9-26-10-16(15)23-17)11-2-1-3-12(6-11)21-18(25)14-8-19-4-5-20-14/h1-6,8-10H,7H2,(H,21,25)(H,23,24). The molecule has 1 aliphatic heterocycles. The van der Waals surface area contributed by atoms with Gasteiger partial charge in [0.2, 0.25) is 5.91 Å². The predicted molar refractivity (Wildman–Crippen MR) is 100 cm³/mol. The number of anilines is 2. The number of thiophene rings is 1. The van der Waals surface area contributed by atoms with Crippen LogP contribution in [0.2, 0.25) is 0 Å². The summed E-state index contributed by atoms with van der Waals surface area (Å²) < 4.78 is 0. The van der Waals surface area contributed by atoms with Gasteiger partial charge in [-0.2, -0.15) is 0 Å². The predicted octanol–water partition coefficient (Wildman–Crippen LogP) is 3.25. The fraction of sp³-hybridized carbons (Fsp3) is 0.0556. The molecule has 1 aromatic carbocycles. The average molecular weight is 363 g/mol. The van der Waals surface area contributed by atoms with Crippen molar-refractivity contribution in [2.24, 2.45) is 4.99 Å². The monoisotopic (exact) mass is 363 g/mol. The van der Waals surface area contributed by atoms with Crippen LogP contribution in [0, 0.1) is 0 Å². The molecule has 4 rings (SSSR count). The third-order valence-electron chi connectivity index (χ3n) is 3.75. The van der Waals surface area contributed by atoms with Crippen molar-refractivity contribution in [3.8, 4) is 0 Å². The van der Waals surface area contributed by atoms with E-state index in [1.807, 2.05) is 22.9 Å². The zero-order valence-corrected chi connectivity index (χ0v) is 14.3. The van der Waals surface area contributed by atoms with Crippen LogP contribution in [0.4, 0.5) is 17.1 Å². The summed E-state index contributed by atoms with van der Waals surface area (Å²) >= 11 is 1.48. The van der Waals surface area contributed by atoms with Crippen LogP contribution in [0.1, 0.15) is 22.5 Å². The minimum absolute atomic E-state index is 0.116. The molecule has 2 N–H and O–H groups in total. The fourth-order valence-corrected chi connectivity index (χ4v) is 3.25. The SMILES string of the molecule is O=C1CC(c2cccc(NC(=O)c3cnccn3)c2)=Nc2cscc2N1. The summed E-state index contributed by atoms with van der Waals surface area (Å²) in [6.45, 7) is 0. The number of fused-ring (bicyclic) bond motifs is 1. The Kier molecular flexibility index (Phi) is 4.24. The van der Waals surface area contributed by atoms with E-state index in [2.05, 4.69) is 25.6 Å². The summed E-state index contributed by atoms with van der Waals surface area (Å²) in [5.74, 6) is -0.467. The number of nitrogens with zero attached hydrogens (tertiary/aromatic N) is 3. The van der Waals surface area contributed by atoms with Crippen LogP contribution in [-0.2, 0) is 4.79 Å². The first kappa shape index (κ1) is 16.1. The quantitative estimate of drug-likeness (QED) is 0.746. The molecular formula is C18H13N5O2S. The van der Waals surface area contributed by atoms with Crippen molar-refractivity contribution < 1.29 is 9.59 Å². The zero-order chi connectivity index (χ0) is 17.9. The molecule has 2 aromatic heterocycles. The minimum atomic E-state index is -0.351. The van der Waals surface area contributed by atoms with Crippen LogP contribution in [0.25, 0.3) is 0 Å². The summed E-state index contributed by atoms with van der Waals surface area (Å²) in [7, 11) is 0. The lowest BCUT2D eigenvalue weighted by atomic mass is 10.1. The number of benzene rings is 1. The molecule has 3 aromatic rings. The Bertz CT molecular complexity index is 1010. The van der Waals surface area contributed by atoms with E-state index in [1.54, 1.807) is 12.1 Å². The van der Waals surface area contributed by atoms with Crippen molar-refractivity contribution >= 4 is 45.9 Å². The zero-order valence-electron chi connectivity index (χ0n) is 13.5. The van der Waals surface area contributed by atoms with Crippen molar-refractivity contribution in [3.63, 3.8) is 0 Å². The number of aromatic nitrogens is 2. The van der Waals surface area contributed by atoms with Crippen LogP contribution in [0.15, 0.2) is 58.6 Å². The average Bonchev–Trinajstić information content (AvgIpc) is 3.02. The minimum Gasteiger partial charge on any atom is -0.323 e. The van der Waals surface area contributed by atoms with Gasteiger partial charge in [0.1, 0.15) is 5.69 Å². The van der Waals surface area contributed by atoms with Gasteiger partial charge in [0.05, 0.1) is 29.7 Å². The third-order valence-corrected chi connectivity index (χ3v) is 4.48. The lowest BCUT2D eigenvalue weighted by Gasteiger charge is -2.08. The van der Waals surface area contributed by atoms with Gasteiger partial charge in [-0.15, -0.1) is 11.3 Å². The van der Waals surface area contributed by atoms with Crippen molar-refractivity contribution in [2.45, 2.75) is 6.42 Å². The van der Waals surface area contributed by atoms with Gasteiger partial charge >= 0.3 is 0 Å². The molecule has 0 aliphatic carbocycles. The summed E-state index contributed by atoms with van der Waals surface area (Å²) in [4.78, 5) is 36.8. The highest BCUT2D eigenvalue weighted by Gasteiger charge is 2.18. The van der Waals surface area contributed by atoms with Crippen molar-refractivity contribution in [1.29, 1.82) is 0 Å². The van der Waals surface area contributed by atoms with Crippen LogP contribution < -0.4 is 10.6 Å². The smallest absolute Gasteiger partial charge is 0.275 e. The van der Waals surface area contributed by atoms with Crippen LogP contribution in [0.3, 0.4) is 0 Å². The number of amides is 2. The second-order valence-electron chi connectivity index (χ2n) is 5.58. The first-order valence-corrected chi connectivity index (χ1v) is 8.75. The largest absolute Gasteiger partial charge is 0.323 e. The van der Waals surface area contributed by atoms with Gasteiger partial charge in [-0.1, -0.05) is 12.1 Å². The van der Waals surface area contributed by atoms with Crippen LogP contribution in [-0.4, -0.2) is 27.5 Å². The van der Waals surface area contributed by atoms with E-state index in [4.69, 9.17) is 0 Å². The summed E-state index contributed by atoms with van der Waals surface area (Å²) in [5, 5.41) is 9.37.